The van der Waals surface area contributed by atoms with E-state index in [0.29, 0.717) is 29.2 Å². The summed E-state index contributed by atoms with van der Waals surface area (Å²) in [6.07, 6.45) is 5.14. The van der Waals surface area contributed by atoms with Crippen LogP contribution in [0.4, 0.5) is 5.69 Å². The van der Waals surface area contributed by atoms with E-state index in [1.54, 1.807) is 12.4 Å². The Bertz CT molecular complexity index is 933. The first-order chi connectivity index (χ1) is 13.1. The van der Waals surface area contributed by atoms with Crippen LogP contribution in [-0.4, -0.2) is 21.8 Å². The fourth-order valence-corrected chi connectivity index (χ4v) is 2.99. The van der Waals surface area contributed by atoms with Gasteiger partial charge in [0.15, 0.2) is 0 Å². The number of H-pyrrole nitrogens is 1. The molecule has 8 heteroatoms. The Morgan fingerprint density at radius 1 is 1.19 bits per heavy atom. The number of nitrogens with zero attached hydrogens (tertiary/aromatic N) is 2. The summed E-state index contributed by atoms with van der Waals surface area (Å²) in [7, 11) is 0. The molecule has 3 aromatic rings. The largest absolute Gasteiger partial charge is 0.475 e. The van der Waals surface area contributed by atoms with E-state index in [2.05, 4.69) is 36.4 Å². The predicted octanol–water partition coefficient (Wildman–Crippen LogP) is 4.20. The Labute approximate surface area is 170 Å². The van der Waals surface area contributed by atoms with Gasteiger partial charge in [-0.2, -0.15) is 0 Å². The van der Waals surface area contributed by atoms with E-state index in [1.165, 1.54) is 5.56 Å². The second kappa shape index (κ2) is 9.53. The number of rotatable bonds is 8. The van der Waals surface area contributed by atoms with Gasteiger partial charge in [-0.1, -0.05) is 29.8 Å². The number of anilines is 1. The van der Waals surface area contributed by atoms with Crippen molar-refractivity contribution in [2.45, 2.75) is 19.4 Å². The van der Waals surface area contributed by atoms with Gasteiger partial charge in [0.05, 0.1) is 6.61 Å². The highest BCUT2D eigenvalue weighted by Gasteiger charge is 2.13. The summed E-state index contributed by atoms with van der Waals surface area (Å²) in [6.45, 7) is 0.967. The SMILES string of the molecule is O=c1[nH]nc(OCCCc2ccc(Cl)cc2)c(NCc2cccnc2)c1Br. The predicted molar refractivity (Wildman–Crippen MR) is 109 cm³/mol. The first-order valence-corrected chi connectivity index (χ1v) is 9.59. The molecule has 0 spiro atoms. The number of hydrogen-bond donors (Lipinski definition) is 2. The lowest BCUT2D eigenvalue weighted by molar-refractivity contribution is 0.296. The smallest absolute Gasteiger partial charge is 0.280 e. The molecule has 1 aromatic carbocycles. The quantitative estimate of drug-likeness (QED) is 0.504. The topological polar surface area (TPSA) is 79.9 Å². The van der Waals surface area contributed by atoms with Gasteiger partial charge in [-0.05, 0) is 58.1 Å². The highest BCUT2D eigenvalue weighted by molar-refractivity contribution is 9.10. The molecule has 2 aromatic heterocycles. The van der Waals surface area contributed by atoms with Crippen LogP contribution < -0.4 is 15.6 Å². The van der Waals surface area contributed by atoms with Gasteiger partial charge in [0.1, 0.15) is 10.2 Å². The Balaban J connectivity index is 1.61. The first kappa shape index (κ1) is 19.4. The summed E-state index contributed by atoms with van der Waals surface area (Å²) < 4.78 is 6.15. The van der Waals surface area contributed by atoms with Gasteiger partial charge in [-0.15, -0.1) is 5.10 Å². The number of aromatic amines is 1. The molecule has 0 aliphatic rings. The van der Waals surface area contributed by atoms with Crippen LogP contribution in [0, 0.1) is 0 Å². The standard InChI is InChI=1S/C19H18BrClN4O2/c20-16-17(23-12-14-3-1-9-22-11-14)19(25-24-18(16)26)27-10-2-4-13-5-7-15(21)8-6-13/h1,3,5-9,11H,2,4,10,12H2,(H2,23,24,26). The van der Waals surface area contributed by atoms with Gasteiger partial charge >= 0.3 is 0 Å². The van der Waals surface area contributed by atoms with Crippen LogP contribution in [0.3, 0.4) is 0 Å². The number of nitrogens with one attached hydrogen (secondary N) is 2. The molecule has 0 aliphatic carbocycles. The summed E-state index contributed by atoms with van der Waals surface area (Å²) in [4.78, 5) is 15.9. The Morgan fingerprint density at radius 2 is 2.00 bits per heavy atom. The van der Waals surface area contributed by atoms with Crippen molar-refractivity contribution in [1.29, 1.82) is 0 Å². The van der Waals surface area contributed by atoms with Crippen molar-refractivity contribution in [3.8, 4) is 5.88 Å². The zero-order valence-electron chi connectivity index (χ0n) is 14.4. The number of benzene rings is 1. The van der Waals surface area contributed by atoms with Crippen LogP contribution in [0.15, 0.2) is 58.1 Å². The van der Waals surface area contributed by atoms with Gasteiger partial charge in [0.25, 0.3) is 11.4 Å². The van der Waals surface area contributed by atoms with E-state index in [1.807, 2.05) is 36.4 Å². The normalized spacial score (nSPS) is 10.6. The van der Waals surface area contributed by atoms with Crippen molar-refractivity contribution in [3.63, 3.8) is 0 Å². The zero-order chi connectivity index (χ0) is 19.1. The van der Waals surface area contributed by atoms with Crippen LogP contribution in [0.5, 0.6) is 5.88 Å². The Morgan fingerprint density at radius 3 is 2.74 bits per heavy atom. The summed E-state index contributed by atoms with van der Waals surface area (Å²) >= 11 is 9.20. The van der Waals surface area contributed by atoms with E-state index in [-0.39, 0.29) is 5.56 Å². The van der Waals surface area contributed by atoms with E-state index < -0.39 is 0 Å². The maximum absolute atomic E-state index is 11.9. The fourth-order valence-electron chi connectivity index (χ4n) is 2.46. The highest BCUT2D eigenvalue weighted by Crippen LogP contribution is 2.27. The van der Waals surface area contributed by atoms with Gasteiger partial charge in [0.2, 0.25) is 0 Å². The lowest BCUT2D eigenvalue weighted by Gasteiger charge is -2.13. The minimum Gasteiger partial charge on any atom is -0.475 e. The number of halogens is 2. The second-order valence-corrected chi connectivity index (χ2v) is 7.07. The van der Waals surface area contributed by atoms with Gasteiger partial charge < -0.3 is 10.1 Å². The number of ether oxygens (including phenoxy) is 1. The Kier molecular flexibility index (Phi) is 6.84. The van der Waals surface area contributed by atoms with Gasteiger partial charge in [-0.3, -0.25) is 9.78 Å². The van der Waals surface area contributed by atoms with E-state index in [9.17, 15) is 4.79 Å². The van der Waals surface area contributed by atoms with Crippen molar-refractivity contribution in [1.82, 2.24) is 15.2 Å². The van der Waals surface area contributed by atoms with Crippen molar-refractivity contribution < 1.29 is 4.74 Å². The molecule has 0 radical (unpaired) electrons. The molecule has 2 heterocycles. The van der Waals surface area contributed by atoms with E-state index in [4.69, 9.17) is 16.3 Å². The molecule has 0 atom stereocenters. The molecule has 0 saturated carbocycles. The number of hydrogen-bond acceptors (Lipinski definition) is 5. The molecule has 0 unspecified atom stereocenters. The van der Waals surface area contributed by atoms with E-state index >= 15 is 0 Å². The van der Waals surface area contributed by atoms with Crippen LogP contribution in [0.2, 0.25) is 5.02 Å². The van der Waals surface area contributed by atoms with Crippen LogP contribution >= 0.6 is 27.5 Å². The van der Waals surface area contributed by atoms with Crippen LogP contribution in [-0.2, 0) is 13.0 Å². The van der Waals surface area contributed by atoms with Crippen LogP contribution in [0.1, 0.15) is 17.5 Å². The van der Waals surface area contributed by atoms with Crippen molar-refractivity contribution in [2.75, 3.05) is 11.9 Å². The second-order valence-electron chi connectivity index (χ2n) is 5.84. The zero-order valence-corrected chi connectivity index (χ0v) is 16.8. The number of pyridine rings is 1. The van der Waals surface area contributed by atoms with Crippen molar-refractivity contribution in [3.05, 3.63) is 79.8 Å². The summed E-state index contributed by atoms with van der Waals surface area (Å²) in [5.74, 6) is 0.349. The van der Waals surface area contributed by atoms with Crippen molar-refractivity contribution in [2.24, 2.45) is 0 Å². The fraction of sp³-hybridized carbons (Fsp3) is 0.211. The third-order valence-corrected chi connectivity index (χ3v) is 4.85. The molecule has 0 aliphatic heterocycles. The molecule has 140 valence electrons. The molecule has 0 bridgehead atoms. The third-order valence-electron chi connectivity index (χ3n) is 3.85. The van der Waals surface area contributed by atoms with Crippen molar-refractivity contribution >= 4 is 33.2 Å². The van der Waals surface area contributed by atoms with Gasteiger partial charge in [0, 0.05) is 24.0 Å². The number of aromatic nitrogens is 3. The minimum atomic E-state index is -0.322. The first-order valence-electron chi connectivity index (χ1n) is 8.41. The lowest BCUT2D eigenvalue weighted by atomic mass is 10.1. The average molecular weight is 450 g/mol. The lowest BCUT2D eigenvalue weighted by Crippen LogP contribution is -2.15. The monoisotopic (exact) mass is 448 g/mol. The molecular weight excluding hydrogens is 432 g/mol. The molecule has 3 rings (SSSR count). The molecule has 2 N–H and O–H groups in total. The summed E-state index contributed by atoms with van der Waals surface area (Å²) in [5.41, 5.74) is 2.37. The molecule has 0 fully saturated rings. The number of aryl methyl sites for hydroxylation is 1. The average Bonchev–Trinajstić information content (AvgIpc) is 2.69. The third kappa shape index (κ3) is 5.55. The summed E-state index contributed by atoms with van der Waals surface area (Å²) in [5, 5.41) is 10.4. The van der Waals surface area contributed by atoms with E-state index in [0.717, 1.165) is 23.4 Å². The molecule has 27 heavy (non-hydrogen) atoms. The summed E-state index contributed by atoms with van der Waals surface area (Å²) in [6, 6.07) is 11.5. The molecule has 0 amide bonds. The molecular formula is C19H18BrClN4O2. The molecule has 6 nitrogen and oxygen atoms in total. The molecule has 0 saturated heterocycles. The Hall–Kier alpha value is -2.38. The highest BCUT2D eigenvalue weighted by atomic mass is 79.9. The van der Waals surface area contributed by atoms with Crippen LogP contribution in [0.25, 0.3) is 0 Å². The maximum Gasteiger partial charge on any atom is 0.280 e. The van der Waals surface area contributed by atoms with Gasteiger partial charge in [-0.25, -0.2) is 5.10 Å². The maximum atomic E-state index is 11.9. The minimum absolute atomic E-state index is 0.322.